The van der Waals surface area contributed by atoms with E-state index in [-0.39, 0.29) is 0 Å². The Hall–Kier alpha value is -2.28. The van der Waals surface area contributed by atoms with Gasteiger partial charge in [-0.3, -0.25) is 0 Å². The molecule has 0 atom stereocenters. The Morgan fingerprint density at radius 3 is 1.80 bits per heavy atom. The van der Waals surface area contributed by atoms with Crippen LogP contribution in [0.1, 0.15) is 30.0 Å². The molecule has 0 aromatic heterocycles. The number of phenols is 1. The first-order chi connectivity index (χ1) is 9.78. The van der Waals surface area contributed by atoms with Crippen LogP contribution in [0.15, 0.2) is 60.7 Å². The van der Waals surface area contributed by atoms with Crippen molar-refractivity contribution in [2.75, 3.05) is 0 Å². The normalized spacial score (nSPS) is 11.4. The van der Waals surface area contributed by atoms with Gasteiger partial charge in [0, 0.05) is 0 Å². The van der Waals surface area contributed by atoms with E-state index in [9.17, 15) is 5.11 Å². The third-order valence-electron chi connectivity index (χ3n) is 3.10. The maximum Gasteiger partial charge on any atom is 0.115 e. The number of phenolic OH excluding ortho intramolecular Hbond substituents is 1. The lowest BCUT2D eigenvalue weighted by molar-refractivity contribution is 0.475. The molecule has 1 nitrogen and oxygen atoms in total. The van der Waals surface area contributed by atoms with E-state index in [0.29, 0.717) is 5.75 Å². The molecule has 1 N–H and O–H groups in total. The minimum atomic E-state index is 0.296. The predicted molar refractivity (Wildman–Crippen MR) is 86.6 cm³/mol. The van der Waals surface area contributed by atoms with Crippen molar-refractivity contribution in [1.82, 2.24) is 0 Å². The van der Waals surface area contributed by atoms with Crippen molar-refractivity contribution < 1.29 is 5.11 Å². The molecule has 0 heterocycles. The maximum atomic E-state index is 9.20. The van der Waals surface area contributed by atoms with E-state index in [1.165, 1.54) is 17.5 Å². The standard InChI is InChI=1S/C19H20O/c1-2-5-16-8-10-17(11-9-16)6-3-4-7-18-12-14-19(20)15-13-18/h3-4,6-15,20H,2,5H2,1H3. The molecule has 0 spiro atoms. The zero-order valence-electron chi connectivity index (χ0n) is 11.8. The SMILES string of the molecule is CCCc1ccc(C=CC=Cc2ccc(O)cc2)cc1. The van der Waals surface area contributed by atoms with Gasteiger partial charge in [0.2, 0.25) is 0 Å². The van der Waals surface area contributed by atoms with Crippen molar-refractivity contribution >= 4 is 12.2 Å². The summed E-state index contributed by atoms with van der Waals surface area (Å²) in [5.41, 5.74) is 3.68. The molecule has 0 saturated carbocycles. The minimum Gasteiger partial charge on any atom is -0.508 e. The first-order valence-electron chi connectivity index (χ1n) is 7.00. The quantitative estimate of drug-likeness (QED) is 0.747. The van der Waals surface area contributed by atoms with E-state index in [4.69, 9.17) is 0 Å². The second-order valence-corrected chi connectivity index (χ2v) is 4.80. The number of hydrogen-bond acceptors (Lipinski definition) is 1. The highest BCUT2D eigenvalue weighted by molar-refractivity contribution is 5.57. The smallest absolute Gasteiger partial charge is 0.115 e. The Kier molecular flexibility index (Phi) is 5.19. The van der Waals surface area contributed by atoms with E-state index in [2.05, 4.69) is 37.3 Å². The highest BCUT2D eigenvalue weighted by atomic mass is 16.3. The van der Waals surface area contributed by atoms with E-state index in [0.717, 1.165) is 12.0 Å². The molecule has 102 valence electrons. The van der Waals surface area contributed by atoms with Gasteiger partial charge < -0.3 is 5.11 Å². The monoisotopic (exact) mass is 264 g/mol. The maximum absolute atomic E-state index is 9.20. The van der Waals surface area contributed by atoms with Crippen molar-refractivity contribution in [2.45, 2.75) is 19.8 Å². The lowest BCUT2D eigenvalue weighted by Gasteiger charge is -1.98. The van der Waals surface area contributed by atoms with Crippen LogP contribution in [0.25, 0.3) is 12.2 Å². The molecule has 0 radical (unpaired) electrons. The summed E-state index contributed by atoms with van der Waals surface area (Å²) in [5.74, 6) is 0.296. The fourth-order valence-electron chi connectivity index (χ4n) is 2.00. The van der Waals surface area contributed by atoms with E-state index in [1.807, 2.05) is 30.4 Å². The third kappa shape index (κ3) is 4.43. The largest absolute Gasteiger partial charge is 0.508 e. The second-order valence-electron chi connectivity index (χ2n) is 4.80. The van der Waals surface area contributed by atoms with Crippen LogP contribution < -0.4 is 0 Å². The molecule has 0 aliphatic carbocycles. The first-order valence-corrected chi connectivity index (χ1v) is 7.00. The summed E-state index contributed by atoms with van der Waals surface area (Å²) in [6, 6.07) is 15.8. The molecule has 0 saturated heterocycles. The van der Waals surface area contributed by atoms with Gasteiger partial charge in [-0.2, -0.15) is 0 Å². The van der Waals surface area contributed by atoms with Crippen molar-refractivity contribution in [3.8, 4) is 5.75 Å². The average molecular weight is 264 g/mol. The average Bonchev–Trinajstić information content (AvgIpc) is 2.47. The van der Waals surface area contributed by atoms with Gasteiger partial charge in [0.1, 0.15) is 5.75 Å². The Morgan fingerprint density at radius 1 is 0.800 bits per heavy atom. The summed E-state index contributed by atoms with van der Waals surface area (Å²) in [7, 11) is 0. The number of allylic oxidation sites excluding steroid dienone is 2. The van der Waals surface area contributed by atoms with Gasteiger partial charge in [0.15, 0.2) is 0 Å². The lowest BCUT2D eigenvalue weighted by Crippen LogP contribution is -1.81. The van der Waals surface area contributed by atoms with Gasteiger partial charge in [-0.25, -0.2) is 0 Å². The highest BCUT2D eigenvalue weighted by Crippen LogP contribution is 2.11. The van der Waals surface area contributed by atoms with Gasteiger partial charge in [0.05, 0.1) is 0 Å². The molecule has 2 aromatic carbocycles. The number of aromatic hydroxyl groups is 1. The first kappa shape index (κ1) is 14.1. The molecule has 0 unspecified atom stereocenters. The van der Waals surface area contributed by atoms with Crippen molar-refractivity contribution in [3.05, 3.63) is 77.4 Å². The number of hydrogen-bond donors (Lipinski definition) is 1. The Morgan fingerprint density at radius 2 is 1.30 bits per heavy atom. The molecule has 0 fully saturated rings. The number of benzene rings is 2. The van der Waals surface area contributed by atoms with E-state index in [1.54, 1.807) is 12.1 Å². The molecule has 0 aliphatic rings. The number of aryl methyl sites for hydroxylation is 1. The third-order valence-corrected chi connectivity index (χ3v) is 3.10. The number of rotatable bonds is 5. The lowest BCUT2D eigenvalue weighted by atomic mass is 10.1. The Bertz CT molecular complexity index is 574. The Balaban J connectivity index is 1.94. The molecular weight excluding hydrogens is 244 g/mol. The molecule has 20 heavy (non-hydrogen) atoms. The Labute approximate surface area is 120 Å². The fraction of sp³-hybridized carbons (Fsp3) is 0.158. The topological polar surface area (TPSA) is 20.2 Å². The van der Waals surface area contributed by atoms with Crippen LogP contribution in [0.4, 0.5) is 0 Å². The predicted octanol–water partition coefficient (Wildman–Crippen LogP) is 5.07. The van der Waals surface area contributed by atoms with Crippen LogP contribution >= 0.6 is 0 Å². The van der Waals surface area contributed by atoms with Crippen LogP contribution in [0.2, 0.25) is 0 Å². The summed E-state index contributed by atoms with van der Waals surface area (Å²) >= 11 is 0. The van der Waals surface area contributed by atoms with Gasteiger partial charge >= 0.3 is 0 Å². The fourth-order valence-corrected chi connectivity index (χ4v) is 2.00. The highest BCUT2D eigenvalue weighted by Gasteiger charge is 1.90. The van der Waals surface area contributed by atoms with Gasteiger partial charge in [-0.1, -0.05) is 74.0 Å². The van der Waals surface area contributed by atoms with Crippen molar-refractivity contribution in [3.63, 3.8) is 0 Å². The molecule has 0 bridgehead atoms. The van der Waals surface area contributed by atoms with Crippen LogP contribution in [-0.4, -0.2) is 5.11 Å². The van der Waals surface area contributed by atoms with Gasteiger partial charge in [0.25, 0.3) is 0 Å². The zero-order valence-corrected chi connectivity index (χ0v) is 11.8. The van der Waals surface area contributed by atoms with E-state index >= 15 is 0 Å². The molecule has 1 heteroatoms. The zero-order chi connectivity index (χ0) is 14.2. The van der Waals surface area contributed by atoms with Crippen LogP contribution in [0, 0.1) is 0 Å². The van der Waals surface area contributed by atoms with Crippen molar-refractivity contribution in [2.24, 2.45) is 0 Å². The van der Waals surface area contributed by atoms with E-state index < -0.39 is 0 Å². The summed E-state index contributed by atoms with van der Waals surface area (Å²) < 4.78 is 0. The van der Waals surface area contributed by atoms with Gasteiger partial charge in [-0.15, -0.1) is 0 Å². The molecule has 0 amide bonds. The van der Waals surface area contributed by atoms with Crippen LogP contribution in [0.5, 0.6) is 5.75 Å². The summed E-state index contributed by atoms with van der Waals surface area (Å²) in [4.78, 5) is 0. The molecular formula is C19H20O. The molecule has 2 aromatic rings. The summed E-state index contributed by atoms with van der Waals surface area (Å²) in [5, 5.41) is 9.20. The summed E-state index contributed by atoms with van der Waals surface area (Å²) in [6.07, 6.45) is 10.5. The minimum absolute atomic E-state index is 0.296. The van der Waals surface area contributed by atoms with Crippen LogP contribution in [0.3, 0.4) is 0 Å². The molecule has 2 rings (SSSR count). The second kappa shape index (κ2) is 7.34. The van der Waals surface area contributed by atoms with Crippen LogP contribution in [-0.2, 0) is 6.42 Å². The molecule has 0 aliphatic heterocycles. The summed E-state index contributed by atoms with van der Waals surface area (Å²) in [6.45, 7) is 2.20. The van der Waals surface area contributed by atoms with Crippen molar-refractivity contribution in [1.29, 1.82) is 0 Å². The van der Waals surface area contributed by atoms with Gasteiger partial charge in [-0.05, 0) is 35.2 Å².